The second-order valence-electron chi connectivity index (χ2n) is 2.62. The van der Waals surface area contributed by atoms with E-state index in [1.54, 1.807) is 12.1 Å². The minimum Gasteiger partial charge on any atom is -0.479 e. The van der Waals surface area contributed by atoms with Gasteiger partial charge in [-0.15, -0.1) is 0 Å². The molecule has 0 aliphatic rings. The maximum atomic E-state index is 10.5. The molecule has 0 aromatic heterocycles. The first-order valence-corrected chi connectivity index (χ1v) is 4.81. The van der Waals surface area contributed by atoms with Crippen LogP contribution in [0.15, 0.2) is 18.2 Å². The number of rotatable bonds is 3. The molecular formula is C8H9IN2O3. The van der Waals surface area contributed by atoms with Crippen molar-refractivity contribution in [2.75, 3.05) is 5.43 Å². The van der Waals surface area contributed by atoms with Crippen molar-refractivity contribution in [3.8, 4) is 0 Å². The van der Waals surface area contributed by atoms with Crippen molar-refractivity contribution in [1.29, 1.82) is 0 Å². The molecule has 0 amide bonds. The molecule has 0 saturated heterocycles. The van der Waals surface area contributed by atoms with Gasteiger partial charge in [0.1, 0.15) is 0 Å². The van der Waals surface area contributed by atoms with Crippen molar-refractivity contribution in [2.24, 2.45) is 5.84 Å². The van der Waals surface area contributed by atoms with Crippen molar-refractivity contribution in [3.05, 3.63) is 27.3 Å². The first-order valence-electron chi connectivity index (χ1n) is 3.73. The molecule has 0 saturated carbocycles. The Morgan fingerprint density at radius 2 is 2.21 bits per heavy atom. The van der Waals surface area contributed by atoms with Crippen LogP contribution in [0, 0.1) is 3.57 Å². The third kappa shape index (κ3) is 2.34. The Hall–Kier alpha value is -0.860. The lowest BCUT2D eigenvalue weighted by molar-refractivity contribution is -0.146. The van der Waals surface area contributed by atoms with Crippen LogP contribution < -0.4 is 11.3 Å². The summed E-state index contributed by atoms with van der Waals surface area (Å²) in [7, 11) is 0. The van der Waals surface area contributed by atoms with Gasteiger partial charge in [-0.05, 0) is 34.7 Å². The van der Waals surface area contributed by atoms with E-state index in [-0.39, 0.29) is 5.56 Å². The summed E-state index contributed by atoms with van der Waals surface area (Å²) in [4.78, 5) is 10.5. The molecule has 0 bridgehead atoms. The van der Waals surface area contributed by atoms with Gasteiger partial charge < -0.3 is 15.6 Å². The fourth-order valence-corrected chi connectivity index (χ4v) is 1.52. The molecule has 1 aromatic rings. The van der Waals surface area contributed by atoms with Crippen molar-refractivity contribution in [3.63, 3.8) is 0 Å². The van der Waals surface area contributed by atoms with E-state index in [9.17, 15) is 9.90 Å². The fraction of sp³-hybridized carbons (Fsp3) is 0.125. The molecule has 0 aliphatic heterocycles. The first kappa shape index (κ1) is 11.2. The van der Waals surface area contributed by atoms with E-state index in [0.29, 0.717) is 5.69 Å². The number of nitrogens with two attached hydrogens (primary N) is 1. The molecule has 0 fully saturated rings. The lowest BCUT2D eigenvalue weighted by Gasteiger charge is -2.11. The molecule has 0 heterocycles. The predicted octanol–water partition coefficient (Wildman–Crippen LogP) is 0.695. The number of aliphatic hydroxyl groups is 1. The number of carbonyl (C=O) groups is 1. The van der Waals surface area contributed by atoms with E-state index in [2.05, 4.69) is 28.0 Å². The van der Waals surface area contributed by atoms with Crippen LogP contribution in [0.25, 0.3) is 0 Å². The second kappa shape index (κ2) is 4.58. The molecule has 6 heteroatoms. The minimum atomic E-state index is -1.56. The molecule has 5 N–H and O–H groups in total. The Labute approximate surface area is 94.0 Å². The molecule has 0 aliphatic carbocycles. The quantitative estimate of drug-likeness (QED) is 0.374. The van der Waals surface area contributed by atoms with Crippen LogP contribution in [0.3, 0.4) is 0 Å². The van der Waals surface area contributed by atoms with E-state index < -0.39 is 12.1 Å². The molecule has 0 spiro atoms. The monoisotopic (exact) mass is 308 g/mol. The lowest BCUT2D eigenvalue weighted by Crippen LogP contribution is -2.16. The van der Waals surface area contributed by atoms with Crippen molar-refractivity contribution < 1.29 is 15.0 Å². The zero-order chi connectivity index (χ0) is 10.7. The van der Waals surface area contributed by atoms with Gasteiger partial charge >= 0.3 is 5.97 Å². The highest BCUT2D eigenvalue weighted by Gasteiger charge is 2.19. The maximum Gasteiger partial charge on any atom is 0.337 e. The normalized spacial score (nSPS) is 12.2. The predicted molar refractivity (Wildman–Crippen MR) is 59.6 cm³/mol. The smallest absolute Gasteiger partial charge is 0.337 e. The van der Waals surface area contributed by atoms with E-state index in [4.69, 9.17) is 10.9 Å². The van der Waals surface area contributed by atoms with E-state index >= 15 is 0 Å². The van der Waals surface area contributed by atoms with Gasteiger partial charge in [-0.1, -0.05) is 6.07 Å². The highest BCUT2D eigenvalue weighted by atomic mass is 127. The van der Waals surface area contributed by atoms with Crippen LogP contribution in [0.5, 0.6) is 0 Å². The lowest BCUT2D eigenvalue weighted by atomic mass is 10.1. The van der Waals surface area contributed by atoms with Gasteiger partial charge in [-0.3, -0.25) is 5.84 Å². The molecule has 1 unspecified atom stereocenters. The summed E-state index contributed by atoms with van der Waals surface area (Å²) in [5.41, 5.74) is 3.00. The standard InChI is InChI=1S/C8H9IN2O3/c9-4-1-2-5(6(3-4)11-10)7(12)8(13)14/h1-3,7,11-12H,10H2,(H,13,14). The second-order valence-corrected chi connectivity index (χ2v) is 3.86. The highest BCUT2D eigenvalue weighted by molar-refractivity contribution is 14.1. The van der Waals surface area contributed by atoms with Crippen molar-refractivity contribution >= 4 is 34.2 Å². The maximum absolute atomic E-state index is 10.5. The number of carboxylic acids is 1. The van der Waals surface area contributed by atoms with Crippen LogP contribution in [0.4, 0.5) is 5.69 Å². The minimum absolute atomic E-state index is 0.250. The van der Waals surface area contributed by atoms with Gasteiger partial charge in [-0.2, -0.15) is 0 Å². The Bertz CT molecular complexity index is 356. The highest BCUT2D eigenvalue weighted by Crippen LogP contribution is 2.24. The Kier molecular flexibility index (Phi) is 3.67. The van der Waals surface area contributed by atoms with E-state index in [0.717, 1.165) is 3.57 Å². The van der Waals surface area contributed by atoms with Crippen LogP contribution >= 0.6 is 22.6 Å². The summed E-state index contributed by atoms with van der Waals surface area (Å²) in [6, 6.07) is 4.88. The van der Waals surface area contributed by atoms with E-state index in [1.165, 1.54) is 6.07 Å². The average Bonchev–Trinajstić information content (AvgIpc) is 2.16. The zero-order valence-corrected chi connectivity index (χ0v) is 9.22. The van der Waals surface area contributed by atoms with E-state index in [1.807, 2.05) is 0 Å². The number of benzene rings is 1. The molecule has 1 atom stereocenters. The molecular weight excluding hydrogens is 299 g/mol. The average molecular weight is 308 g/mol. The Morgan fingerprint density at radius 3 is 2.71 bits per heavy atom. The van der Waals surface area contributed by atoms with Gasteiger partial charge in [0.2, 0.25) is 0 Å². The largest absolute Gasteiger partial charge is 0.479 e. The summed E-state index contributed by atoms with van der Waals surface area (Å²) < 4.78 is 0.900. The molecule has 0 radical (unpaired) electrons. The van der Waals surface area contributed by atoms with Crippen LogP contribution in [-0.2, 0) is 4.79 Å². The molecule has 76 valence electrons. The number of hydrogen-bond donors (Lipinski definition) is 4. The van der Waals surface area contributed by atoms with Gasteiger partial charge in [0.15, 0.2) is 6.10 Å². The molecule has 5 nitrogen and oxygen atoms in total. The Morgan fingerprint density at radius 1 is 1.57 bits per heavy atom. The van der Waals surface area contributed by atoms with Crippen molar-refractivity contribution in [1.82, 2.24) is 0 Å². The molecule has 1 rings (SSSR count). The summed E-state index contributed by atoms with van der Waals surface area (Å²) in [6.45, 7) is 0. The molecule has 14 heavy (non-hydrogen) atoms. The van der Waals surface area contributed by atoms with Gasteiger partial charge in [-0.25, -0.2) is 4.79 Å². The first-order chi connectivity index (χ1) is 6.56. The number of nitrogen functional groups attached to an aromatic ring is 1. The number of anilines is 1. The summed E-state index contributed by atoms with van der Waals surface area (Å²) >= 11 is 2.06. The number of aliphatic carboxylic acids is 1. The van der Waals surface area contributed by atoms with Gasteiger partial charge in [0, 0.05) is 9.13 Å². The fourth-order valence-electron chi connectivity index (χ4n) is 1.02. The van der Waals surface area contributed by atoms with Crippen molar-refractivity contribution in [2.45, 2.75) is 6.10 Å². The third-order valence-electron chi connectivity index (χ3n) is 1.70. The summed E-state index contributed by atoms with van der Waals surface area (Å²) in [5, 5.41) is 17.9. The number of hydrazine groups is 1. The number of halogens is 1. The van der Waals surface area contributed by atoms with Crippen LogP contribution in [-0.4, -0.2) is 16.2 Å². The molecule has 1 aromatic carbocycles. The van der Waals surface area contributed by atoms with Gasteiger partial charge in [0.25, 0.3) is 0 Å². The number of aliphatic hydroxyl groups excluding tert-OH is 1. The SMILES string of the molecule is NNc1cc(I)ccc1C(O)C(=O)O. The number of carboxylic acid groups (broad SMARTS) is 1. The number of hydrogen-bond acceptors (Lipinski definition) is 4. The Balaban J connectivity index is 3.13. The summed E-state index contributed by atoms with van der Waals surface area (Å²) in [6.07, 6.45) is -1.56. The van der Waals surface area contributed by atoms with Crippen LogP contribution in [0.2, 0.25) is 0 Å². The third-order valence-corrected chi connectivity index (χ3v) is 2.37. The van der Waals surface area contributed by atoms with Gasteiger partial charge in [0.05, 0.1) is 5.69 Å². The zero-order valence-electron chi connectivity index (χ0n) is 7.07. The topological polar surface area (TPSA) is 95.6 Å². The summed E-state index contributed by atoms with van der Waals surface area (Å²) in [5.74, 6) is 3.90. The van der Waals surface area contributed by atoms with Crippen LogP contribution in [0.1, 0.15) is 11.7 Å². The number of nitrogens with one attached hydrogen (secondary N) is 1.